The fraction of sp³-hybridized carbons (Fsp3) is 0.250. The molecule has 7 aliphatic rings. The van der Waals surface area contributed by atoms with Crippen molar-refractivity contribution < 1.29 is 0 Å². The maximum absolute atomic E-state index is 2.68. The lowest BCUT2D eigenvalue weighted by Crippen LogP contribution is -2.64. The molecular weight excluding hydrogens is 519 g/mol. The summed E-state index contributed by atoms with van der Waals surface area (Å²) >= 11 is 0. The van der Waals surface area contributed by atoms with Crippen molar-refractivity contribution in [2.45, 2.75) is 37.5 Å². The quantitative estimate of drug-likeness (QED) is 0.192. The molecule has 0 saturated heterocycles. The van der Waals surface area contributed by atoms with Crippen LogP contribution < -0.4 is 26.2 Å². The molecule has 43 heavy (non-hydrogen) atoms. The highest BCUT2D eigenvalue weighted by atomic mass is 15.2. The van der Waals surface area contributed by atoms with E-state index in [2.05, 4.69) is 125 Å². The molecule has 0 radical (unpaired) electrons. The molecule has 4 aliphatic carbocycles. The Bertz CT molecular complexity index is 1950. The van der Waals surface area contributed by atoms with Crippen LogP contribution in [0.5, 0.6) is 0 Å². The van der Waals surface area contributed by atoms with E-state index in [4.69, 9.17) is 0 Å². The smallest absolute Gasteiger partial charge is 0.252 e. The molecule has 0 atom stereocenters. The Morgan fingerprint density at radius 2 is 1.07 bits per heavy atom. The van der Waals surface area contributed by atoms with Crippen molar-refractivity contribution in [2.24, 2.45) is 23.7 Å². The molecule has 0 N–H and O–H groups in total. The van der Waals surface area contributed by atoms with Crippen molar-refractivity contribution in [1.82, 2.24) is 0 Å². The average Bonchev–Trinajstić information content (AvgIpc) is 3.05. The third-order valence-electron chi connectivity index (χ3n) is 12.4. The standard InChI is InChI=1S/C40H33BN2/c1-2-10-29(11-3-1)42-35-17-7-5-14-32(35)41-33-15-8-13-31-39(33)43(37-19-9-18-36(42)38(37)41)34-16-6-4-12-30(34)40(31)27-21-25-20-26(23-27)24-28(40)22-25/h1-19,25-28H,20-24H2. The number of anilines is 6. The summed E-state index contributed by atoms with van der Waals surface area (Å²) in [6, 6.07) is 44.1. The summed E-state index contributed by atoms with van der Waals surface area (Å²) in [5.41, 5.74) is 15.8. The normalized spacial score (nSPS) is 28.0. The largest absolute Gasteiger partial charge is 0.311 e. The second-order valence-corrected chi connectivity index (χ2v) is 14.1. The summed E-state index contributed by atoms with van der Waals surface area (Å²) in [6.45, 7) is 0.215. The fourth-order valence-electron chi connectivity index (χ4n) is 11.3. The van der Waals surface area contributed by atoms with Gasteiger partial charge in [-0.1, -0.05) is 78.9 Å². The fourth-order valence-corrected chi connectivity index (χ4v) is 11.3. The van der Waals surface area contributed by atoms with Crippen LogP contribution in [0.4, 0.5) is 34.1 Å². The molecule has 5 aromatic carbocycles. The van der Waals surface area contributed by atoms with Crippen molar-refractivity contribution in [1.29, 1.82) is 0 Å². The third kappa shape index (κ3) is 2.70. The highest BCUT2D eigenvalue weighted by Gasteiger charge is 2.62. The van der Waals surface area contributed by atoms with Gasteiger partial charge in [-0.3, -0.25) is 0 Å². The number of hydrogen-bond acceptors (Lipinski definition) is 2. The molecule has 3 heteroatoms. The maximum atomic E-state index is 2.68. The van der Waals surface area contributed by atoms with Crippen LogP contribution in [0.15, 0.2) is 115 Å². The number of hydrogen-bond donors (Lipinski definition) is 0. The van der Waals surface area contributed by atoms with Crippen molar-refractivity contribution in [3.8, 4) is 0 Å². The highest BCUT2D eigenvalue weighted by Crippen LogP contribution is 2.69. The summed E-state index contributed by atoms with van der Waals surface area (Å²) < 4.78 is 0. The van der Waals surface area contributed by atoms with Gasteiger partial charge in [0.05, 0.1) is 5.69 Å². The topological polar surface area (TPSA) is 6.48 Å². The lowest BCUT2D eigenvalue weighted by atomic mass is 9.32. The Hall–Kier alpha value is -4.24. The molecular formula is C40H33BN2. The van der Waals surface area contributed by atoms with Crippen LogP contribution in [0.1, 0.15) is 43.2 Å². The second-order valence-electron chi connectivity index (χ2n) is 14.1. The van der Waals surface area contributed by atoms with Gasteiger partial charge in [-0.15, -0.1) is 0 Å². The zero-order valence-corrected chi connectivity index (χ0v) is 24.3. The number of para-hydroxylation sites is 4. The molecule has 12 rings (SSSR count). The number of fused-ring (bicyclic) bond motifs is 6. The predicted molar refractivity (Wildman–Crippen MR) is 178 cm³/mol. The van der Waals surface area contributed by atoms with Gasteiger partial charge in [0.2, 0.25) is 0 Å². The maximum Gasteiger partial charge on any atom is 0.252 e. The molecule has 4 bridgehead atoms. The molecule has 5 aromatic rings. The van der Waals surface area contributed by atoms with Gasteiger partial charge in [0.25, 0.3) is 6.71 Å². The minimum absolute atomic E-state index is 0.130. The van der Waals surface area contributed by atoms with Gasteiger partial charge in [-0.05, 0) is 120 Å². The summed E-state index contributed by atoms with van der Waals surface area (Å²) in [4.78, 5) is 5.18. The van der Waals surface area contributed by atoms with Crippen molar-refractivity contribution in [2.75, 3.05) is 9.80 Å². The Morgan fingerprint density at radius 3 is 1.86 bits per heavy atom. The van der Waals surface area contributed by atoms with Crippen molar-refractivity contribution in [3.63, 3.8) is 0 Å². The Balaban J connectivity index is 1.24. The molecule has 0 amide bonds. The van der Waals surface area contributed by atoms with Crippen molar-refractivity contribution in [3.05, 3.63) is 126 Å². The molecule has 3 aliphatic heterocycles. The highest BCUT2D eigenvalue weighted by molar-refractivity contribution is 7.00. The Morgan fingerprint density at radius 1 is 0.488 bits per heavy atom. The van der Waals surface area contributed by atoms with E-state index in [0.29, 0.717) is 0 Å². The minimum Gasteiger partial charge on any atom is -0.311 e. The van der Waals surface area contributed by atoms with E-state index in [1.54, 1.807) is 11.1 Å². The van der Waals surface area contributed by atoms with Crippen LogP contribution >= 0.6 is 0 Å². The summed E-state index contributed by atoms with van der Waals surface area (Å²) in [5.74, 6) is 3.38. The van der Waals surface area contributed by atoms with Gasteiger partial charge in [-0.25, -0.2) is 0 Å². The van der Waals surface area contributed by atoms with E-state index in [0.717, 1.165) is 23.7 Å². The first kappa shape index (κ1) is 23.2. The van der Waals surface area contributed by atoms with E-state index in [1.807, 2.05) is 0 Å². The Labute approximate surface area is 254 Å². The molecule has 1 spiro atoms. The first-order valence-electron chi connectivity index (χ1n) is 16.4. The van der Waals surface area contributed by atoms with Gasteiger partial charge >= 0.3 is 0 Å². The number of rotatable bonds is 1. The minimum atomic E-state index is 0.130. The van der Waals surface area contributed by atoms with Gasteiger partial charge in [0.1, 0.15) is 0 Å². The monoisotopic (exact) mass is 552 g/mol. The summed E-state index contributed by atoms with van der Waals surface area (Å²) in [6.07, 6.45) is 7.11. The summed E-state index contributed by atoms with van der Waals surface area (Å²) in [5, 5.41) is 0. The SMILES string of the molecule is c1ccc(N2c3ccccc3B3c4cccc5c4N(c4ccccc4C54C5CC6CC(C5)CC4C6)c4cccc2c43)cc1. The van der Waals surface area contributed by atoms with E-state index >= 15 is 0 Å². The van der Waals surface area contributed by atoms with Gasteiger partial charge in [0, 0.05) is 33.9 Å². The first-order valence-corrected chi connectivity index (χ1v) is 16.4. The van der Waals surface area contributed by atoms with E-state index in [-0.39, 0.29) is 12.1 Å². The Kier molecular flexibility index (Phi) is 4.34. The molecule has 2 nitrogen and oxygen atoms in total. The number of benzene rings is 5. The van der Waals surface area contributed by atoms with Crippen LogP contribution in [0, 0.1) is 23.7 Å². The lowest BCUT2D eigenvalue weighted by Gasteiger charge is -2.64. The summed E-state index contributed by atoms with van der Waals surface area (Å²) in [7, 11) is 0. The zero-order valence-electron chi connectivity index (χ0n) is 24.3. The first-order chi connectivity index (χ1) is 21.3. The van der Waals surface area contributed by atoms with Crippen LogP contribution in [-0.4, -0.2) is 6.71 Å². The van der Waals surface area contributed by atoms with E-state index in [9.17, 15) is 0 Å². The van der Waals surface area contributed by atoms with Crippen LogP contribution in [0.3, 0.4) is 0 Å². The van der Waals surface area contributed by atoms with Crippen LogP contribution in [0.2, 0.25) is 0 Å². The average molecular weight is 553 g/mol. The van der Waals surface area contributed by atoms with Gasteiger partial charge in [0.15, 0.2) is 0 Å². The van der Waals surface area contributed by atoms with E-state index in [1.165, 1.54) is 82.6 Å². The van der Waals surface area contributed by atoms with Gasteiger partial charge < -0.3 is 9.80 Å². The predicted octanol–water partition coefficient (Wildman–Crippen LogP) is 7.82. The molecule has 3 heterocycles. The lowest BCUT2D eigenvalue weighted by molar-refractivity contribution is -0.0419. The van der Waals surface area contributed by atoms with Crippen molar-refractivity contribution >= 4 is 57.2 Å². The third-order valence-corrected chi connectivity index (χ3v) is 12.4. The van der Waals surface area contributed by atoms with Crippen LogP contribution in [0.25, 0.3) is 0 Å². The zero-order chi connectivity index (χ0) is 27.9. The second kappa shape index (κ2) is 8.02. The molecule has 4 saturated carbocycles. The van der Waals surface area contributed by atoms with E-state index < -0.39 is 0 Å². The molecule has 0 unspecified atom stereocenters. The molecule has 4 fully saturated rings. The van der Waals surface area contributed by atoms with Crippen LogP contribution in [-0.2, 0) is 5.41 Å². The number of nitrogens with zero attached hydrogens (tertiary/aromatic N) is 2. The molecule has 0 aromatic heterocycles. The van der Waals surface area contributed by atoms with Gasteiger partial charge in [-0.2, -0.15) is 0 Å². The molecule has 206 valence electrons.